The third-order valence-corrected chi connectivity index (χ3v) is 1.74. The predicted molar refractivity (Wildman–Crippen MR) is 52.3 cm³/mol. The number of carbonyl (C=O) groups is 2. The second kappa shape index (κ2) is 4.95. The van der Waals surface area contributed by atoms with E-state index in [0.717, 1.165) is 0 Å². The van der Waals surface area contributed by atoms with Gasteiger partial charge >= 0.3 is 11.9 Å². The van der Waals surface area contributed by atoms with E-state index in [2.05, 4.69) is 10.2 Å². The van der Waals surface area contributed by atoms with Crippen LogP contribution in [-0.4, -0.2) is 36.1 Å². The summed E-state index contributed by atoms with van der Waals surface area (Å²) >= 11 is 0. The van der Waals surface area contributed by atoms with Crippen molar-refractivity contribution in [2.45, 2.75) is 33.2 Å². The second-order valence-electron chi connectivity index (χ2n) is 3.89. The van der Waals surface area contributed by atoms with Gasteiger partial charge in [-0.2, -0.15) is 0 Å². The first-order valence-electron chi connectivity index (χ1n) is 4.50. The van der Waals surface area contributed by atoms with Crippen LogP contribution in [0.2, 0.25) is 0 Å². The van der Waals surface area contributed by atoms with Crippen LogP contribution in [0.5, 0.6) is 0 Å². The minimum Gasteiger partial charge on any atom is -0.459 e. The molecule has 82 valence electrons. The lowest BCUT2D eigenvalue weighted by molar-refractivity contribution is -0.157. The minimum atomic E-state index is -0.858. The van der Waals surface area contributed by atoms with Crippen molar-refractivity contribution in [2.24, 2.45) is 0 Å². The van der Waals surface area contributed by atoms with Gasteiger partial charge in [0.05, 0.1) is 6.61 Å². The first-order valence-corrected chi connectivity index (χ1v) is 4.50. The number of rotatable bonds is 2. The van der Waals surface area contributed by atoms with Crippen molar-refractivity contribution in [3.8, 4) is 0 Å². The van der Waals surface area contributed by atoms with E-state index >= 15 is 0 Å². The van der Waals surface area contributed by atoms with Gasteiger partial charge < -0.3 is 4.74 Å². The summed E-state index contributed by atoms with van der Waals surface area (Å²) in [5, 5.41) is 1.56. The first-order chi connectivity index (χ1) is 6.29. The Morgan fingerprint density at radius 2 is 1.86 bits per heavy atom. The van der Waals surface area contributed by atoms with E-state index in [1.54, 1.807) is 19.0 Å². The van der Waals surface area contributed by atoms with E-state index in [1.165, 1.54) is 0 Å². The Bertz CT molecular complexity index is 221. The fourth-order valence-electron chi connectivity index (χ4n) is 0.562. The van der Waals surface area contributed by atoms with Gasteiger partial charge in [0.25, 0.3) is 0 Å². The predicted octanol–water partition coefficient (Wildman–Crippen LogP) is 0.311. The molecule has 5 heteroatoms. The van der Waals surface area contributed by atoms with E-state index in [4.69, 9.17) is 0 Å². The summed E-state index contributed by atoms with van der Waals surface area (Å²) in [5.41, 5.74) is 2.19. The van der Waals surface area contributed by atoms with Crippen molar-refractivity contribution in [1.82, 2.24) is 10.4 Å². The van der Waals surface area contributed by atoms with Crippen LogP contribution in [0.1, 0.15) is 27.7 Å². The Labute approximate surface area is 84.4 Å². The van der Waals surface area contributed by atoms with Gasteiger partial charge in [-0.05, 0) is 27.7 Å². The topological polar surface area (TPSA) is 58.6 Å². The Kier molecular flexibility index (Phi) is 4.56. The van der Waals surface area contributed by atoms with Gasteiger partial charge in [0.2, 0.25) is 0 Å². The van der Waals surface area contributed by atoms with Crippen molar-refractivity contribution >= 4 is 11.9 Å². The number of nitrogens with zero attached hydrogens (tertiary/aromatic N) is 1. The SMILES string of the molecule is CCOC(=O)C(=O)NN(C)C(C)(C)C. The largest absolute Gasteiger partial charge is 0.459 e. The van der Waals surface area contributed by atoms with Crippen molar-refractivity contribution in [3.05, 3.63) is 0 Å². The van der Waals surface area contributed by atoms with E-state index in [0.29, 0.717) is 0 Å². The van der Waals surface area contributed by atoms with Crippen molar-refractivity contribution < 1.29 is 14.3 Å². The maximum absolute atomic E-state index is 11.2. The lowest BCUT2D eigenvalue weighted by Crippen LogP contribution is -2.52. The lowest BCUT2D eigenvalue weighted by Gasteiger charge is -2.31. The summed E-state index contributed by atoms with van der Waals surface area (Å²) in [6, 6.07) is 0. The average Bonchev–Trinajstić information content (AvgIpc) is 2.02. The van der Waals surface area contributed by atoms with E-state index < -0.39 is 11.9 Å². The van der Waals surface area contributed by atoms with Crippen LogP contribution < -0.4 is 5.43 Å². The van der Waals surface area contributed by atoms with Gasteiger partial charge in [-0.15, -0.1) is 0 Å². The average molecular weight is 202 g/mol. The zero-order valence-electron chi connectivity index (χ0n) is 9.38. The lowest BCUT2D eigenvalue weighted by atomic mass is 10.1. The highest BCUT2D eigenvalue weighted by Crippen LogP contribution is 2.06. The molecule has 0 aliphatic carbocycles. The van der Waals surface area contributed by atoms with Gasteiger partial charge in [-0.25, -0.2) is 9.80 Å². The Morgan fingerprint density at radius 3 is 2.21 bits per heavy atom. The summed E-state index contributed by atoms with van der Waals surface area (Å²) in [7, 11) is 1.69. The van der Waals surface area contributed by atoms with Crippen LogP contribution in [0.25, 0.3) is 0 Å². The monoisotopic (exact) mass is 202 g/mol. The molecule has 0 spiro atoms. The fraction of sp³-hybridized carbons (Fsp3) is 0.778. The molecule has 0 unspecified atom stereocenters. The maximum Gasteiger partial charge on any atom is 0.398 e. The molecule has 5 nitrogen and oxygen atoms in total. The molecular weight excluding hydrogens is 184 g/mol. The van der Waals surface area contributed by atoms with Crippen LogP contribution in [0.15, 0.2) is 0 Å². The van der Waals surface area contributed by atoms with Crippen LogP contribution in [0.4, 0.5) is 0 Å². The van der Waals surface area contributed by atoms with Gasteiger partial charge in [-0.1, -0.05) is 0 Å². The van der Waals surface area contributed by atoms with Gasteiger partial charge in [0.1, 0.15) is 0 Å². The molecule has 0 radical (unpaired) electrons. The molecular formula is C9H18N2O3. The van der Waals surface area contributed by atoms with Gasteiger partial charge in [0, 0.05) is 12.6 Å². The highest BCUT2D eigenvalue weighted by atomic mass is 16.5. The Hall–Kier alpha value is -1.10. The molecule has 0 bridgehead atoms. The Morgan fingerprint density at radius 1 is 1.36 bits per heavy atom. The third-order valence-electron chi connectivity index (χ3n) is 1.74. The van der Waals surface area contributed by atoms with Crippen molar-refractivity contribution in [3.63, 3.8) is 0 Å². The van der Waals surface area contributed by atoms with E-state index in [1.807, 2.05) is 20.8 Å². The highest BCUT2D eigenvalue weighted by molar-refractivity contribution is 6.32. The number of nitrogens with one attached hydrogen (secondary N) is 1. The van der Waals surface area contributed by atoms with Crippen LogP contribution in [0.3, 0.4) is 0 Å². The molecule has 0 atom stereocenters. The van der Waals surface area contributed by atoms with Gasteiger partial charge in [0.15, 0.2) is 0 Å². The number of esters is 1. The Balaban J connectivity index is 4.13. The number of ether oxygens (including phenoxy) is 1. The molecule has 1 N–H and O–H groups in total. The molecule has 0 aliphatic heterocycles. The molecule has 0 rings (SSSR count). The normalized spacial score (nSPS) is 11.3. The standard InChI is InChI=1S/C9H18N2O3/c1-6-14-8(13)7(12)10-11(5)9(2,3)4/h6H2,1-5H3,(H,10,12). The summed E-state index contributed by atoms with van der Waals surface area (Å²) in [4.78, 5) is 22.1. The summed E-state index contributed by atoms with van der Waals surface area (Å²) in [6.07, 6.45) is 0. The summed E-state index contributed by atoms with van der Waals surface area (Å²) in [5.74, 6) is -1.60. The summed E-state index contributed by atoms with van der Waals surface area (Å²) < 4.78 is 4.54. The molecule has 0 heterocycles. The van der Waals surface area contributed by atoms with Crippen LogP contribution >= 0.6 is 0 Å². The second-order valence-corrected chi connectivity index (χ2v) is 3.89. The van der Waals surface area contributed by atoms with E-state index in [-0.39, 0.29) is 12.1 Å². The fourth-order valence-corrected chi connectivity index (χ4v) is 0.562. The van der Waals surface area contributed by atoms with Crippen molar-refractivity contribution in [2.75, 3.05) is 13.7 Å². The van der Waals surface area contributed by atoms with E-state index in [9.17, 15) is 9.59 Å². The molecule has 0 aromatic rings. The third kappa shape index (κ3) is 4.23. The first kappa shape index (κ1) is 12.9. The zero-order chi connectivity index (χ0) is 11.4. The van der Waals surface area contributed by atoms with Gasteiger partial charge in [-0.3, -0.25) is 10.2 Å². The zero-order valence-corrected chi connectivity index (χ0v) is 9.38. The number of hydrogen-bond acceptors (Lipinski definition) is 4. The summed E-state index contributed by atoms with van der Waals surface area (Å²) in [6.45, 7) is 7.60. The highest BCUT2D eigenvalue weighted by Gasteiger charge is 2.22. The number of hydrazine groups is 1. The molecule has 0 aliphatic rings. The molecule has 14 heavy (non-hydrogen) atoms. The smallest absolute Gasteiger partial charge is 0.398 e. The quantitative estimate of drug-likeness (QED) is 0.398. The molecule has 1 amide bonds. The molecule has 0 aromatic heterocycles. The molecule has 0 saturated heterocycles. The number of carbonyl (C=O) groups excluding carboxylic acids is 2. The number of hydrogen-bond donors (Lipinski definition) is 1. The maximum atomic E-state index is 11.2. The van der Waals surface area contributed by atoms with Crippen molar-refractivity contribution in [1.29, 1.82) is 0 Å². The minimum absolute atomic E-state index is 0.200. The molecule has 0 fully saturated rings. The van der Waals surface area contributed by atoms with Crippen LogP contribution in [-0.2, 0) is 14.3 Å². The van der Waals surface area contributed by atoms with Crippen LogP contribution in [0, 0.1) is 0 Å². The number of amides is 1. The molecule has 0 aromatic carbocycles. The molecule has 0 saturated carbocycles.